The van der Waals surface area contributed by atoms with Crippen LogP contribution in [0.4, 0.5) is 5.69 Å². The summed E-state index contributed by atoms with van der Waals surface area (Å²) in [6.45, 7) is 10.1. The third-order valence-electron chi connectivity index (χ3n) is 6.66. The van der Waals surface area contributed by atoms with Crippen molar-refractivity contribution in [3.63, 3.8) is 0 Å². The average Bonchev–Trinajstić information content (AvgIpc) is 3.30. The van der Waals surface area contributed by atoms with Gasteiger partial charge in [0.25, 0.3) is 0 Å². The van der Waals surface area contributed by atoms with Gasteiger partial charge in [-0.2, -0.15) is 0 Å². The molecule has 37 heavy (non-hydrogen) atoms. The number of carbonyl (C=O) groups is 2. The molecule has 2 aromatic carbocycles. The number of nitrogens with zero attached hydrogens (tertiary/aromatic N) is 5. The summed E-state index contributed by atoms with van der Waals surface area (Å²) >= 11 is 0. The molecule has 192 valence electrons. The number of rotatable bonds is 9. The van der Waals surface area contributed by atoms with Crippen molar-refractivity contribution in [2.24, 2.45) is 0 Å². The topological polar surface area (TPSA) is 93.0 Å². The number of carbonyl (C=O) groups excluding carboxylic acids is 2. The number of anilines is 1. The lowest BCUT2D eigenvalue weighted by molar-refractivity contribution is -0.128. The Morgan fingerprint density at radius 3 is 2.38 bits per heavy atom. The second-order valence-corrected chi connectivity index (χ2v) is 10.2. The molecule has 0 radical (unpaired) electrons. The van der Waals surface area contributed by atoms with E-state index in [4.69, 9.17) is 0 Å². The smallest absolute Gasteiger partial charge is 0.249 e. The number of aromatic nitrogens is 4. The highest BCUT2D eigenvalue weighted by Crippen LogP contribution is 2.30. The zero-order valence-electron chi connectivity index (χ0n) is 22.0. The minimum atomic E-state index is -0.924. The number of pyridine rings is 1. The van der Waals surface area contributed by atoms with E-state index in [1.165, 1.54) is 0 Å². The van der Waals surface area contributed by atoms with Crippen LogP contribution in [0.25, 0.3) is 11.0 Å². The predicted molar refractivity (Wildman–Crippen MR) is 145 cm³/mol. The van der Waals surface area contributed by atoms with Gasteiger partial charge in [0.2, 0.25) is 11.8 Å². The number of hydrogen-bond donors (Lipinski definition) is 1. The Balaban J connectivity index is 1.81. The highest BCUT2D eigenvalue weighted by Gasteiger charge is 2.35. The zero-order valence-corrected chi connectivity index (χ0v) is 22.0. The van der Waals surface area contributed by atoms with Gasteiger partial charge >= 0.3 is 0 Å². The second-order valence-electron chi connectivity index (χ2n) is 10.2. The number of benzene rings is 2. The Morgan fingerprint density at radius 1 is 1.00 bits per heavy atom. The van der Waals surface area contributed by atoms with Crippen molar-refractivity contribution in [2.75, 3.05) is 4.90 Å². The summed E-state index contributed by atoms with van der Waals surface area (Å²) in [6.07, 6.45) is 4.02. The van der Waals surface area contributed by atoms with Crippen molar-refractivity contribution in [3.8, 4) is 0 Å². The van der Waals surface area contributed by atoms with Crippen molar-refractivity contribution in [2.45, 2.75) is 65.1 Å². The molecule has 8 nitrogen and oxygen atoms in total. The van der Waals surface area contributed by atoms with Crippen molar-refractivity contribution in [1.29, 1.82) is 0 Å². The minimum absolute atomic E-state index is 0.0757. The SMILES string of the molecule is CCC(C)(C)NC(=O)C(c1cccnc1)N(C(=O)Cn1nnc2ccccc21)c1ccc(C(C)C)cc1. The van der Waals surface area contributed by atoms with E-state index in [0.29, 0.717) is 22.7 Å². The van der Waals surface area contributed by atoms with Crippen molar-refractivity contribution in [1.82, 2.24) is 25.3 Å². The molecule has 2 heterocycles. The van der Waals surface area contributed by atoms with Crippen LogP contribution in [-0.2, 0) is 16.1 Å². The first-order chi connectivity index (χ1) is 17.7. The molecule has 2 amide bonds. The maximum atomic E-state index is 14.1. The van der Waals surface area contributed by atoms with Gasteiger partial charge in [-0.25, -0.2) is 4.68 Å². The molecule has 4 rings (SSSR count). The fraction of sp³-hybridized carbons (Fsp3) is 0.345. The molecular formula is C29H34N6O2. The van der Waals surface area contributed by atoms with E-state index in [9.17, 15) is 9.59 Å². The Hall–Kier alpha value is -4.07. The van der Waals surface area contributed by atoms with Gasteiger partial charge < -0.3 is 5.32 Å². The normalized spacial score (nSPS) is 12.5. The number of nitrogens with one attached hydrogen (secondary N) is 1. The third kappa shape index (κ3) is 5.85. The van der Waals surface area contributed by atoms with E-state index in [0.717, 1.165) is 17.5 Å². The summed E-state index contributed by atoms with van der Waals surface area (Å²) in [5.74, 6) is -0.224. The lowest BCUT2D eigenvalue weighted by atomic mass is 9.98. The number of fused-ring (bicyclic) bond motifs is 1. The van der Waals surface area contributed by atoms with Gasteiger partial charge in [0.15, 0.2) is 0 Å². The number of para-hydroxylation sites is 1. The molecule has 0 saturated carbocycles. The average molecular weight is 499 g/mol. The molecule has 1 unspecified atom stereocenters. The van der Waals surface area contributed by atoms with Crippen LogP contribution in [0.3, 0.4) is 0 Å². The summed E-state index contributed by atoms with van der Waals surface area (Å²) in [7, 11) is 0. The summed E-state index contributed by atoms with van der Waals surface area (Å²) in [5.41, 5.74) is 3.40. The van der Waals surface area contributed by atoms with Crippen molar-refractivity contribution in [3.05, 3.63) is 84.2 Å². The van der Waals surface area contributed by atoms with Crippen LogP contribution in [0, 0.1) is 0 Å². The fourth-order valence-electron chi connectivity index (χ4n) is 4.14. The molecule has 1 atom stereocenters. The largest absolute Gasteiger partial charge is 0.349 e. The first kappa shape index (κ1) is 26.0. The highest BCUT2D eigenvalue weighted by molar-refractivity contribution is 6.01. The van der Waals surface area contributed by atoms with Crippen LogP contribution in [0.1, 0.15) is 64.1 Å². The van der Waals surface area contributed by atoms with E-state index in [-0.39, 0.29) is 18.4 Å². The lowest BCUT2D eigenvalue weighted by Gasteiger charge is -2.34. The van der Waals surface area contributed by atoms with Gasteiger partial charge in [-0.3, -0.25) is 19.5 Å². The standard InChI is InChI=1S/C29H34N6O2/c1-6-29(4,5)31-28(37)27(22-10-9-17-30-18-22)35(23-15-13-21(14-16-23)20(2)3)26(36)19-34-25-12-8-7-11-24(25)32-33-34/h7-18,20,27H,6,19H2,1-5H3,(H,31,37). The molecule has 0 bridgehead atoms. The zero-order chi connectivity index (χ0) is 26.6. The Morgan fingerprint density at radius 2 is 1.73 bits per heavy atom. The van der Waals surface area contributed by atoms with Crippen LogP contribution in [-0.4, -0.2) is 37.3 Å². The second kappa shape index (κ2) is 10.9. The van der Waals surface area contributed by atoms with Gasteiger partial charge in [-0.05, 0) is 62.1 Å². The quantitative estimate of drug-likeness (QED) is 0.349. The molecule has 2 aromatic heterocycles. The van der Waals surface area contributed by atoms with E-state index >= 15 is 0 Å². The Bertz CT molecular complexity index is 1360. The number of hydrogen-bond acceptors (Lipinski definition) is 5. The minimum Gasteiger partial charge on any atom is -0.349 e. The molecule has 0 saturated heterocycles. The molecule has 0 aliphatic carbocycles. The van der Waals surface area contributed by atoms with Gasteiger partial charge in [-0.15, -0.1) is 5.10 Å². The summed E-state index contributed by atoms with van der Waals surface area (Å²) in [6, 6.07) is 18.0. The first-order valence-corrected chi connectivity index (χ1v) is 12.6. The van der Waals surface area contributed by atoms with Crippen molar-refractivity contribution < 1.29 is 9.59 Å². The fourth-order valence-corrected chi connectivity index (χ4v) is 4.14. The van der Waals surface area contributed by atoms with Gasteiger partial charge in [-0.1, -0.05) is 56.3 Å². The summed E-state index contributed by atoms with van der Waals surface area (Å²) < 4.78 is 1.57. The van der Waals surface area contributed by atoms with Crippen LogP contribution in [0.5, 0.6) is 0 Å². The van der Waals surface area contributed by atoms with E-state index in [1.807, 2.05) is 75.4 Å². The van der Waals surface area contributed by atoms with E-state index in [1.54, 1.807) is 28.0 Å². The Labute approximate surface area is 217 Å². The molecule has 8 heteroatoms. The molecule has 0 fully saturated rings. The number of amides is 2. The molecule has 0 aliphatic rings. The molecule has 4 aromatic rings. The molecule has 0 spiro atoms. The molecular weight excluding hydrogens is 464 g/mol. The van der Waals surface area contributed by atoms with E-state index < -0.39 is 11.6 Å². The van der Waals surface area contributed by atoms with Crippen LogP contribution < -0.4 is 10.2 Å². The van der Waals surface area contributed by atoms with Crippen molar-refractivity contribution >= 4 is 28.5 Å². The molecule has 1 N–H and O–H groups in total. The third-order valence-corrected chi connectivity index (χ3v) is 6.66. The maximum absolute atomic E-state index is 14.1. The van der Waals surface area contributed by atoms with Gasteiger partial charge in [0, 0.05) is 29.2 Å². The van der Waals surface area contributed by atoms with Crippen LogP contribution in [0.15, 0.2) is 73.1 Å². The lowest BCUT2D eigenvalue weighted by Crippen LogP contribution is -2.51. The summed E-state index contributed by atoms with van der Waals surface area (Å²) in [5, 5.41) is 11.5. The van der Waals surface area contributed by atoms with Gasteiger partial charge in [0.1, 0.15) is 18.1 Å². The molecule has 0 aliphatic heterocycles. The predicted octanol–water partition coefficient (Wildman–Crippen LogP) is 5.03. The van der Waals surface area contributed by atoms with Crippen LogP contribution in [0.2, 0.25) is 0 Å². The monoisotopic (exact) mass is 498 g/mol. The van der Waals surface area contributed by atoms with Crippen LogP contribution >= 0.6 is 0 Å². The van der Waals surface area contributed by atoms with E-state index in [2.05, 4.69) is 34.5 Å². The van der Waals surface area contributed by atoms with Gasteiger partial charge in [0.05, 0.1) is 5.52 Å². The Kier molecular flexibility index (Phi) is 7.66. The summed E-state index contributed by atoms with van der Waals surface area (Å²) in [4.78, 5) is 33.7. The maximum Gasteiger partial charge on any atom is 0.249 e. The highest BCUT2D eigenvalue weighted by atomic mass is 16.2. The first-order valence-electron chi connectivity index (χ1n) is 12.6.